The van der Waals surface area contributed by atoms with E-state index in [1.54, 1.807) is 0 Å². The van der Waals surface area contributed by atoms with Gasteiger partial charge in [-0.3, -0.25) is 0 Å². The molecule has 2 aliphatic rings. The van der Waals surface area contributed by atoms with Gasteiger partial charge in [0, 0.05) is 33.0 Å². The van der Waals surface area contributed by atoms with Gasteiger partial charge in [-0.1, -0.05) is 178 Å². The van der Waals surface area contributed by atoms with Gasteiger partial charge in [-0.2, -0.15) is 0 Å². The Bertz CT molecular complexity index is 2980. The number of hydrogen-bond acceptors (Lipinski definition) is 3. The molecule has 56 heavy (non-hydrogen) atoms. The first-order valence-electron chi connectivity index (χ1n) is 19.4. The Morgan fingerprint density at radius 2 is 1.07 bits per heavy atom. The van der Waals surface area contributed by atoms with E-state index < -0.39 is 0 Å². The summed E-state index contributed by atoms with van der Waals surface area (Å²) in [4.78, 5) is 4.96. The highest BCUT2D eigenvalue weighted by Gasteiger charge is 2.43. The molecule has 3 nitrogen and oxygen atoms in total. The molecule has 0 amide bonds. The molecule has 0 bridgehead atoms. The van der Waals surface area contributed by atoms with Crippen LogP contribution in [-0.2, 0) is 5.41 Å². The number of hydrogen-bond donors (Lipinski definition) is 0. The molecule has 9 aromatic carbocycles. The molecule has 3 heteroatoms. The lowest BCUT2D eigenvalue weighted by Crippen LogP contribution is -2.33. The molecule has 266 valence electrons. The number of nitrogens with zero attached hydrogens (tertiary/aromatic N) is 2. The molecule has 2 aliphatic heterocycles. The summed E-state index contributed by atoms with van der Waals surface area (Å²) >= 11 is 0. The Labute approximate surface area is 327 Å². The Balaban J connectivity index is 1.22. The van der Waals surface area contributed by atoms with Crippen LogP contribution >= 0.6 is 0 Å². The zero-order chi connectivity index (χ0) is 37.4. The van der Waals surface area contributed by atoms with Gasteiger partial charge in [0.1, 0.15) is 0 Å². The van der Waals surface area contributed by atoms with Crippen molar-refractivity contribution in [3.63, 3.8) is 0 Å². The lowest BCUT2D eigenvalue weighted by Gasteiger charge is -2.46. The van der Waals surface area contributed by atoms with Crippen molar-refractivity contribution in [1.82, 2.24) is 0 Å². The quantitative estimate of drug-likeness (QED) is 0.176. The number of anilines is 6. The molecular formula is C53H38N2O. The molecule has 0 aliphatic carbocycles. The van der Waals surface area contributed by atoms with Gasteiger partial charge >= 0.3 is 0 Å². The van der Waals surface area contributed by atoms with Crippen LogP contribution in [0.15, 0.2) is 194 Å². The lowest BCUT2D eigenvalue weighted by molar-refractivity contribution is 0.474. The molecular weight excluding hydrogens is 681 g/mol. The third-order valence-electron chi connectivity index (χ3n) is 11.8. The average Bonchev–Trinajstić information content (AvgIpc) is 3.25. The molecule has 9 aromatic rings. The van der Waals surface area contributed by atoms with Gasteiger partial charge in [0.05, 0.1) is 28.4 Å². The van der Waals surface area contributed by atoms with Crippen molar-refractivity contribution >= 4 is 55.7 Å². The number of ether oxygens (including phenoxy) is 1. The zero-order valence-corrected chi connectivity index (χ0v) is 31.3. The van der Waals surface area contributed by atoms with Crippen LogP contribution < -0.4 is 14.5 Å². The SMILES string of the molecule is CC1(C)c2ccc(N(c3ccccc3-c3ccccc3)c3cccc4ccccc34)cc2N2c3c1ccc(-c1ccccc1)c3Oc1ccc3ccccc3c12. The van der Waals surface area contributed by atoms with Crippen molar-refractivity contribution in [3.8, 4) is 33.8 Å². The van der Waals surface area contributed by atoms with Crippen LogP contribution in [0.25, 0.3) is 43.8 Å². The van der Waals surface area contributed by atoms with E-state index in [0.29, 0.717) is 0 Å². The van der Waals surface area contributed by atoms with E-state index in [4.69, 9.17) is 4.74 Å². The topological polar surface area (TPSA) is 15.7 Å². The van der Waals surface area contributed by atoms with Crippen molar-refractivity contribution in [1.29, 1.82) is 0 Å². The summed E-state index contributed by atoms with van der Waals surface area (Å²) in [6.45, 7) is 4.71. The predicted molar refractivity (Wildman–Crippen MR) is 234 cm³/mol. The third kappa shape index (κ3) is 4.84. The third-order valence-corrected chi connectivity index (χ3v) is 11.8. The van der Waals surface area contributed by atoms with E-state index >= 15 is 0 Å². The van der Waals surface area contributed by atoms with E-state index in [2.05, 4.69) is 218 Å². The van der Waals surface area contributed by atoms with Crippen molar-refractivity contribution in [2.75, 3.05) is 9.80 Å². The molecule has 0 spiro atoms. The fourth-order valence-electron chi connectivity index (χ4n) is 9.12. The Morgan fingerprint density at radius 1 is 0.464 bits per heavy atom. The molecule has 0 N–H and O–H groups in total. The van der Waals surface area contributed by atoms with Crippen LogP contribution in [0, 0.1) is 0 Å². The fraction of sp³-hybridized carbons (Fsp3) is 0.0566. The Hall–Kier alpha value is -7.10. The van der Waals surface area contributed by atoms with Crippen LogP contribution in [0.4, 0.5) is 34.1 Å². The van der Waals surface area contributed by atoms with E-state index in [0.717, 1.165) is 62.1 Å². The summed E-state index contributed by atoms with van der Waals surface area (Å²) in [6.07, 6.45) is 0. The van der Waals surface area contributed by atoms with Gasteiger partial charge in [0.2, 0.25) is 0 Å². The maximum Gasteiger partial charge on any atom is 0.159 e. The second kappa shape index (κ2) is 12.5. The predicted octanol–water partition coefficient (Wildman–Crippen LogP) is 15.0. The van der Waals surface area contributed by atoms with Gasteiger partial charge in [-0.15, -0.1) is 0 Å². The highest BCUT2D eigenvalue weighted by molar-refractivity contribution is 6.08. The molecule has 11 rings (SSSR count). The molecule has 0 fully saturated rings. The highest BCUT2D eigenvalue weighted by Crippen LogP contribution is 2.63. The Kier molecular flexibility index (Phi) is 7.20. The molecule has 0 atom stereocenters. The number of benzene rings is 9. The van der Waals surface area contributed by atoms with Gasteiger partial charge < -0.3 is 14.5 Å². The normalized spacial score (nSPS) is 13.4. The smallest absolute Gasteiger partial charge is 0.159 e. The van der Waals surface area contributed by atoms with E-state index in [1.165, 1.54) is 38.4 Å². The van der Waals surface area contributed by atoms with E-state index in [-0.39, 0.29) is 5.41 Å². The van der Waals surface area contributed by atoms with Crippen LogP contribution in [0.2, 0.25) is 0 Å². The minimum Gasteiger partial charge on any atom is -0.452 e. The maximum atomic E-state index is 7.10. The first-order chi connectivity index (χ1) is 27.6. The summed E-state index contributed by atoms with van der Waals surface area (Å²) in [5.74, 6) is 1.74. The second-order valence-electron chi connectivity index (χ2n) is 15.3. The largest absolute Gasteiger partial charge is 0.452 e. The number of rotatable bonds is 5. The first-order valence-corrected chi connectivity index (χ1v) is 19.4. The molecule has 0 aromatic heterocycles. The second-order valence-corrected chi connectivity index (χ2v) is 15.3. The van der Waals surface area contributed by atoms with Gasteiger partial charge in [-0.25, -0.2) is 0 Å². The molecule has 2 heterocycles. The monoisotopic (exact) mass is 718 g/mol. The number of fused-ring (bicyclic) bond motifs is 7. The minimum atomic E-state index is -0.318. The van der Waals surface area contributed by atoms with Crippen LogP contribution in [-0.4, -0.2) is 0 Å². The van der Waals surface area contributed by atoms with Gasteiger partial charge in [-0.05, 0) is 63.4 Å². The van der Waals surface area contributed by atoms with Crippen molar-refractivity contribution in [2.24, 2.45) is 0 Å². The first kappa shape index (κ1) is 32.3. The lowest BCUT2D eigenvalue weighted by atomic mass is 9.72. The number of para-hydroxylation sites is 1. The fourth-order valence-corrected chi connectivity index (χ4v) is 9.12. The summed E-state index contributed by atoms with van der Waals surface area (Å²) in [6, 6.07) is 70.1. The minimum absolute atomic E-state index is 0.318. The van der Waals surface area contributed by atoms with E-state index in [9.17, 15) is 0 Å². The van der Waals surface area contributed by atoms with E-state index in [1.807, 2.05) is 0 Å². The zero-order valence-electron chi connectivity index (χ0n) is 31.3. The molecule has 0 unspecified atom stereocenters. The van der Waals surface area contributed by atoms with Crippen LogP contribution in [0.1, 0.15) is 25.0 Å². The summed E-state index contributed by atoms with van der Waals surface area (Å²) < 4.78 is 7.10. The van der Waals surface area contributed by atoms with Crippen molar-refractivity contribution in [2.45, 2.75) is 19.3 Å². The molecule has 0 saturated carbocycles. The Morgan fingerprint density at radius 3 is 1.86 bits per heavy atom. The van der Waals surface area contributed by atoms with Crippen LogP contribution in [0.3, 0.4) is 0 Å². The van der Waals surface area contributed by atoms with Crippen molar-refractivity contribution in [3.05, 3.63) is 205 Å². The highest BCUT2D eigenvalue weighted by atomic mass is 16.5. The van der Waals surface area contributed by atoms with Crippen molar-refractivity contribution < 1.29 is 4.74 Å². The maximum absolute atomic E-state index is 7.10. The standard InChI is InChI=1S/C53H38N2O/c1-53(2)44-31-29-39(54(47-27-15-22-36-20-9-11-23-41(36)47)46-26-14-13-24-40(46)35-16-5-3-6-17-35)34-48(44)55-50-42-25-12-10-21-38(42)28-33-49(50)56-52-43(30-32-45(53)51(52)55)37-18-7-4-8-19-37/h3-34H,1-2H3. The molecule has 0 radical (unpaired) electrons. The van der Waals surface area contributed by atoms with Gasteiger partial charge in [0.25, 0.3) is 0 Å². The summed E-state index contributed by atoms with van der Waals surface area (Å²) in [7, 11) is 0. The molecule has 0 saturated heterocycles. The average molecular weight is 719 g/mol. The summed E-state index contributed by atoms with van der Waals surface area (Å²) in [5, 5.41) is 4.73. The van der Waals surface area contributed by atoms with Crippen LogP contribution in [0.5, 0.6) is 11.5 Å². The summed E-state index contributed by atoms with van der Waals surface area (Å²) in [5.41, 5.74) is 13.4. The van der Waals surface area contributed by atoms with Gasteiger partial charge in [0.15, 0.2) is 11.5 Å².